The highest BCUT2D eigenvalue weighted by atomic mass is 32.1. The lowest BCUT2D eigenvalue weighted by Crippen LogP contribution is -2.43. The second-order valence-electron chi connectivity index (χ2n) is 11.1. The Morgan fingerprint density at radius 3 is 2.77 bits per heavy atom. The van der Waals surface area contributed by atoms with Crippen molar-refractivity contribution in [1.29, 1.82) is 0 Å². The number of thiophene rings is 1. The largest absolute Gasteiger partial charge is 0.497 e. The van der Waals surface area contributed by atoms with Crippen molar-refractivity contribution in [3.63, 3.8) is 0 Å². The number of benzene rings is 1. The van der Waals surface area contributed by atoms with Crippen LogP contribution in [0.15, 0.2) is 18.2 Å². The summed E-state index contributed by atoms with van der Waals surface area (Å²) in [5.74, 6) is 2.55. The lowest BCUT2D eigenvalue weighted by molar-refractivity contribution is -0.116. The minimum Gasteiger partial charge on any atom is -0.497 e. The van der Waals surface area contributed by atoms with Crippen LogP contribution >= 0.6 is 11.3 Å². The number of fused-ring (bicyclic) bond motifs is 7. The van der Waals surface area contributed by atoms with Gasteiger partial charge in [-0.25, -0.2) is 4.79 Å². The van der Waals surface area contributed by atoms with Crippen molar-refractivity contribution >= 4 is 28.2 Å². The zero-order valence-corrected chi connectivity index (χ0v) is 22.3. The number of nitrogens with one attached hydrogen (secondary N) is 1. The summed E-state index contributed by atoms with van der Waals surface area (Å²) in [4.78, 5) is 27.1. The summed E-state index contributed by atoms with van der Waals surface area (Å²) in [6.07, 6.45) is 5.83. The summed E-state index contributed by atoms with van der Waals surface area (Å²) in [6.45, 7) is 8.59. The molecule has 188 valence electrons. The minimum absolute atomic E-state index is 0.0322. The molecule has 1 saturated carbocycles. The van der Waals surface area contributed by atoms with Gasteiger partial charge in [-0.05, 0) is 96.9 Å². The number of esters is 1. The van der Waals surface area contributed by atoms with Gasteiger partial charge in [0, 0.05) is 11.3 Å². The first-order valence-corrected chi connectivity index (χ1v) is 13.9. The number of carbonyl (C=O) groups is 2. The number of ether oxygens (including phenoxy) is 2. The minimum atomic E-state index is -0.296. The average Bonchev–Trinajstić information content (AvgIpc) is 3.31. The van der Waals surface area contributed by atoms with E-state index in [0.29, 0.717) is 41.3 Å². The van der Waals surface area contributed by atoms with E-state index in [1.165, 1.54) is 22.4 Å². The quantitative estimate of drug-likeness (QED) is 0.465. The number of anilines is 1. The maximum Gasteiger partial charge on any atom is 0.341 e. The molecule has 1 N–H and O–H groups in total. The molecule has 0 saturated heterocycles. The van der Waals surface area contributed by atoms with Gasteiger partial charge < -0.3 is 14.8 Å². The van der Waals surface area contributed by atoms with Crippen LogP contribution in [-0.4, -0.2) is 25.6 Å². The van der Waals surface area contributed by atoms with E-state index >= 15 is 0 Å². The summed E-state index contributed by atoms with van der Waals surface area (Å²) >= 11 is 1.60. The molecule has 3 aliphatic rings. The van der Waals surface area contributed by atoms with Crippen LogP contribution in [-0.2, 0) is 27.8 Å². The van der Waals surface area contributed by atoms with Crippen LogP contribution in [0.3, 0.4) is 0 Å². The Kier molecular flexibility index (Phi) is 6.45. The highest BCUT2D eigenvalue weighted by Gasteiger charge is 2.55. The van der Waals surface area contributed by atoms with Crippen molar-refractivity contribution < 1.29 is 19.1 Å². The van der Waals surface area contributed by atoms with Crippen molar-refractivity contribution in [2.75, 3.05) is 19.0 Å². The number of amides is 1. The number of hydrogen-bond acceptors (Lipinski definition) is 5. The van der Waals surface area contributed by atoms with Crippen LogP contribution in [0.1, 0.15) is 91.2 Å². The first-order chi connectivity index (χ1) is 16.8. The number of carbonyl (C=O) groups excluding carboxylic acids is 2. The van der Waals surface area contributed by atoms with E-state index in [1.807, 2.05) is 20.8 Å². The third-order valence-electron chi connectivity index (χ3n) is 8.61. The molecule has 1 fully saturated rings. The van der Waals surface area contributed by atoms with E-state index in [-0.39, 0.29) is 23.2 Å². The van der Waals surface area contributed by atoms with Gasteiger partial charge in [-0.3, -0.25) is 4.79 Å². The first-order valence-electron chi connectivity index (χ1n) is 13.1. The predicted octanol–water partition coefficient (Wildman–Crippen LogP) is 6.49. The normalized spacial score (nSPS) is 26.4. The Balaban J connectivity index is 1.49. The number of rotatable bonds is 6. The SMILES string of the molecule is CCOC(=O)c1c(NC(=O)CC(C)C)sc2c1C1(C)CCC3c4ccc(OC)cc4CCC3C1C2. The lowest BCUT2D eigenvalue weighted by atomic mass is 9.54. The second kappa shape index (κ2) is 9.27. The molecule has 1 heterocycles. The lowest BCUT2D eigenvalue weighted by Gasteiger charge is -2.49. The van der Waals surface area contributed by atoms with Crippen molar-refractivity contribution in [2.45, 2.75) is 77.6 Å². The van der Waals surface area contributed by atoms with Crippen LogP contribution in [0.5, 0.6) is 5.75 Å². The van der Waals surface area contributed by atoms with Crippen molar-refractivity contribution in [3.05, 3.63) is 45.3 Å². The van der Waals surface area contributed by atoms with Gasteiger partial charge >= 0.3 is 5.97 Å². The molecule has 6 heteroatoms. The highest BCUT2D eigenvalue weighted by Crippen LogP contribution is 2.63. The van der Waals surface area contributed by atoms with E-state index in [2.05, 4.69) is 30.4 Å². The molecule has 3 aliphatic carbocycles. The van der Waals surface area contributed by atoms with E-state index < -0.39 is 0 Å². The molecule has 0 aliphatic heterocycles. The van der Waals surface area contributed by atoms with Gasteiger partial charge in [0.1, 0.15) is 10.8 Å². The standard InChI is InChI=1S/C29H37NO4S/c1-6-34-28(32)25-26-23(35-27(25)30-24(31)13-16(2)3)15-22-21-9-7-17-14-18(33-5)8-10-19(17)20(21)11-12-29(22,26)4/h8,10,14,16,20-22H,6-7,9,11-13,15H2,1-5H3,(H,30,31). The zero-order valence-electron chi connectivity index (χ0n) is 21.5. The Morgan fingerprint density at radius 1 is 1.26 bits per heavy atom. The van der Waals surface area contributed by atoms with Gasteiger partial charge in [0.15, 0.2) is 0 Å². The second-order valence-corrected chi connectivity index (χ2v) is 12.2. The summed E-state index contributed by atoms with van der Waals surface area (Å²) in [6, 6.07) is 6.60. The molecule has 4 unspecified atom stereocenters. The third-order valence-corrected chi connectivity index (χ3v) is 9.73. The van der Waals surface area contributed by atoms with Crippen molar-refractivity contribution in [3.8, 4) is 5.75 Å². The fourth-order valence-electron chi connectivity index (χ4n) is 7.15. The molecule has 1 aromatic heterocycles. The molecule has 1 aromatic carbocycles. The topological polar surface area (TPSA) is 64.6 Å². The molecule has 0 bridgehead atoms. The van der Waals surface area contributed by atoms with Crippen molar-refractivity contribution in [2.24, 2.45) is 17.8 Å². The zero-order chi connectivity index (χ0) is 24.9. The molecular formula is C29H37NO4S. The highest BCUT2D eigenvalue weighted by molar-refractivity contribution is 7.17. The smallest absolute Gasteiger partial charge is 0.341 e. The number of methoxy groups -OCH3 is 1. The van der Waals surface area contributed by atoms with Crippen LogP contribution in [0.25, 0.3) is 0 Å². The van der Waals surface area contributed by atoms with Crippen LogP contribution in [0, 0.1) is 17.8 Å². The molecule has 5 nitrogen and oxygen atoms in total. The molecule has 0 spiro atoms. The average molecular weight is 496 g/mol. The predicted molar refractivity (Wildman–Crippen MR) is 140 cm³/mol. The molecule has 1 amide bonds. The Bertz CT molecular complexity index is 1150. The molecule has 4 atom stereocenters. The third kappa shape index (κ3) is 4.08. The number of hydrogen-bond donors (Lipinski definition) is 1. The molecule has 0 radical (unpaired) electrons. The van der Waals surface area contributed by atoms with Gasteiger partial charge in [-0.15, -0.1) is 11.3 Å². The molecular weight excluding hydrogens is 458 g/mol. The fourth-order valence-corrected chi connectivity index (χ4v) is 8.55. The van der Waals surface area contributed by atoms with E-state index in [1.54, 1.807) is 18.4 Å². The summed E-state index contributed by atoms with van der Waals surface area (Å²) < 4.78 is 11.0. The maximum absolute atomic E-state index is 13.2. The first kappa shape index (κ1) is 24.4. The van der Waals surface area contributed by atoms with Gasteiger partial charge in [-0.2, -0.15) is 0 Å². The molecule has 35 heavy (non-hydrogen) atoms. The van der Waals surface area contributed by atoms with E-state index in [0.717, 1.165) is 37.0 Å². The van der Waals surface area contributed by atoms with E-state index in [9.17, 15) is 9.59 Å². The van der Waals surface area contributed by atoms with Crippen LogP contribution < -0.4 is 10.1 Å². The van der Waals surface area contributed by atoms with Crippen LogP contribution in [0.2, 0.25) is 0 Å². The summed E-state index contributed by atoms with van der Waals surface area (Å²) in [5, 5.41) is 3.75. The summed E-state index contributed by atoms with van der Waals surface area (Å²) in [7, 11) is 1.73. The van der Waals surface area contributed by atoms with Gasteiger partial charge in [0.05, 0.1) is 19.3 Å². The summed E-state index contributed by atoms with van der Waals surface area (Å²) in [5.41, 5.74) is 4.63. The Labute approximate surface area is 212 Å². The Morgan fingerprint density at radius 2 is 2.06 bits per heavy atom. The van der Waals surface area contributed by atoms with Crippen LogP contribution in [0.4, 0.5) is 5.00 Å². The Hall–Kier alpha value is -2.34. The van der Waals surface area contributed by atoms with Crippen molar-refractivity contribution in [1.82, 2.24) is 0 Å². The van der Waals surface area contributed by atoms with E-state index in [4.69, 9.17) is 9.47 Å². The monoisotopic (exact) mass is 495 g/mol. The fraction of sp³-hybridized carbons (Fsp3) is 0.586. The van der Waals surface area contributed by atoms with Gasteiger partial charge in [0.2, 0.25) is 5.91 Å². The maximum atomic E-state index is 13.2. The molecule has 5 rings (SSSR count). The molecule has 2 aromatic rings. The number of aryl methyl sites for hydroxylation is 1. The van der Waals surface area contributed by atoms with Gasteiger partial charge in [0.25, 0.3) is 0 Å². The van der Waals surface area contributed by atoms with Gasteiger partial charge in [-0.1, -0.05) is 26.8 Å².